The zero-order valence-corrected chi connectivity index (χ0v) is 11.2. The molecular formula is C12H22N4O2. The van der Waals surface area contributed by atoms with E-state index in [1.165, 1.54) is 0 Å². The fourth-order valence-corrected chi connectivity index (χ4v) is 1.53. The van der Waals surface area contributed by atoms with E-state index in [9.17, 15) is 0 Å². The van der Waals surface area contributed by atoms with Crippen molar-refractivity contribution in [1.29, 1.82) is 0 Å². The van der Waals surface area contributed by atoms with Crippen LogP contribution in [0.3, 0.4) is 0 Å². The highest BCUT2D eigenvalue weighted by Gasteiger charge is 2.17. The van der Waals surface area contributed by atoms with E-state index in [2.05, 4.69) is 15.3 Å². The lowest BCUT2D eigenvalue weighted by Gasteiger charge is -2.26. The van der Waals surface area contributed by atoms with Crippen LogP contribution in [0.1, 0.15) is 33.0 Å². The SMILES string of the molecule is CCOCc1nc(N)cc(NC(C)(C)CCO)n1. The maximum Gasteiger partial charge on any atom is 0.158 e. The Morgan fingerprint density at radius 2 is 2.17 bits per heavy atom. The number of aliphatic hydroxyl groups is 1. The third-order valence-electron chi connectivity index (χ3n) is 2.43. The molecule has 0 unspecified atom stereocenters. The van der Waals surface area contributed by atoms with Crippen LogP contribution in [0.5, 0.6) is 0 Å². The van der Waals surface area contributed by atoms with Crippen LogP contribution in [0.2, 0.25) is 0 Å². The molecule has 0 aromatic carbocycles. The normalized spacial score (nSPS) is 11.6. The van der Waals surface area contributed by atoms with E-state index in [-0.39, 0.29) is 12.1 Å². The van der Waals surface area contributed by atoms with Crippen LogP contribution in [0, 0.1) is 0 Å². The van der Waals surface area contributed by atoms with Crippen LogP contribution < -0.4 is 11.1 Å². The summed E-state index contributed by atoms with van der Waals surface area (Å²) in [5.41, 5.74) is 5.48. The van der Waals surface area contributed by atoms with Gasteiger partial charge in [0.05, 0.1) is 0 Å². The molecule has 0 bridgehead atoms. The van der Waals surface area contributed by atoms with Crippen molar-refractivity contribution < 1.29 is 9.84 Å². The molecule has 1 heterocycles. The number of nitrogens with one attached hydrogen (secondary N) is 1. The fourth-order valence-electron chi connectivity index (χ4n) is 1.53. The minimum Gasteiger partial charge on any atom is -0.396 e. The summed E-state index contributed by atoms with van der Waals surface area (Å²) in [6.45, 7) is 6.96. The standard InChI is InChI=1S/C12H22N4O2/c1-4-18-8-11-14-9(13)7-10(15-11)16-12(2,3)5-6-17/h7,17H,4-6,8H2,1-3H3,(H3,13,14,15,16). The lowest BCUT2D eigenvalue weighted by atomic mass is 10.0. The summed E-state index contributed by atoms with van der Waals surface area (Å²) in [5, 5.41) is 12.2. The van der Waals surface area contributed by atoms with Crippen molar-refractivity contribution >= 4 is 11.6 Å². The molecule has 0 atom stereocenters. The van der Waals surface area contributed by atoms with Gasteiger partial charge >= 0.3 is 0 Å². The number of nitrogen functional groups attached to an aromatic ring is 1. The van der Waals surface area contributed by atoms with Gasteiger partial charge in [0, 0.05) is 24.8 Å². The Morgan fingerprint density at radius 3 is 2.78 bits per heavy atom. The summed E-state index contributed by atoms with van der Waals surface area (Å²) in [6.07, 6.45) is 0.623. The summed E-state index contributed by atoms with van der Waals surface area (Å²) in [7, 11) is 0. The van der Waals surface area contributed by atoms with Gasteiger partial charge in [-0.3, -0.25) is 0 Å². The number of nitrogens with two attached hydrogens (primary N) is 1. The van der Waals surface area contributed by atoms with Gasteiger partial charge in [-0.1, -0.05) is 0 Å². The Labute approximate surface area is 108 Å². The topological polar surface area (TPSA) is 93.3 Å². The largest absolute Gasteiger partial charge is 0.396 e. The third-order valence-corrected chi connectivity index (χ3v) is 2.43. The van der Waals surface area contributed by atoms with E-state index >= 15 is 0 Å². The van der Waals surface area contributed by atoms with Gasteiger partial charge in [-0.15, -0.1) is 0 Å². The molecule has 1 aromatic heterocycles. The Balaban J connectivity index is 2.79. The number of anilines is 2. The molecule has 6 nitrogen and oxygen atoms in total. The predicted octanol–water partition coefficient (Wildman–Crippen LogP) is 1.17. The van der Waals surface area contributed by atoms with Crippen molar-refractivity contribution in [3.8, 4) is 0 Å². The zero-order valence-electron chi connectivity index (χ0n) is 11.2. The molecule has 0 spiro atoms. The average molecular weight is 254 g/mol. The van der Waals surface area contributed by atoms with Crippen molar-refractivity contribution in [1.82, 2.24) is 9.97 Å². The molecule has 0 aliphatic rings. The molecule has 6 heteroatoms. The number of hydrogen-bond donors (Lipinski definition) is 3. The minimum absolute atomic E-state index is 0.117. The van der Waals surface area contributed by atoms with Gasteiger partial charge in [0.15, 0.2) is 5.82 Å². The highest BCUT2D eigenvalue weighted by molar-refractivity contribution is 5.46. The second kappa shape index (κ2) is 6.51. The average Bonchev–Trinajstić information content (AvgIpc) is 2.24. The number of rotatable bonds is 7. The summed E-state index contributed by atoms with van der Waals surface area (Å²) in [5.74, 6) is 1.61. The van der Waals surface area contributed by atoms with Crippen LogP contribution in [0.4, 0.5) is 11.6 Å². The van der Waals surface area contributed by atoms with Crippen LogP contribution in [0.15, 0.2) is 6.07 Å². The van der Waals surface area contributed by atoms with E-state index in [4.69, 9.17) is 15.6 Å². The molecule has 0 saturated heterocycles. The molecule has 0 amide bonds. The number of aromatic nitrogens is 2. The van der Waals surface area contributed by atoms with Crippen molar-refractivity contribution in [3.63, 3.8) is 0 Å². The Kier molecular flexibility index (Phi) is 5.30. The summed E-state index contributed by atoms with van der Waals surface area (Å²) < 4.78 is 5.26. The molecule has 0 aliphatic carbocycles. The van der Waals surface area contributed by atoms with Crippen molar-refractivity contribution in [2.24, 2.45) is 0 Å². The van der Waals surface area contributed by atoms with E-state index in [0.29, 0.717) is 37.1 Å². The summed E-state index contributed by atoms with van der Waals surface area (Å²) in [4.78, 5) is 8.43. The Hall–Kier alpha value is -1.40. The number of aliphatic hydroxyl groups excluding tert-OH is 1. The van der Waals surface area contributed by atoms with Gasteiger partial charge in [-0.2, -0.15) is 0 Å². The van der Waals surface area contributed by atoms with Gasteiger partial charge in [0.25, 0.3) is 0 Å². The molecule has 1 aromatic rings. The number of nitrogens with zero attached hydrogens (tertiary/aromatic N) is 2. The van der Waals surface area contributed by atoms with E-state index in [1.54, 1.807) is 6.07 Å². The second-order valence-electron chi connectivity index (χ2n) is 4.71. The first-order valence-electron chi connectivity index (χ1n) is 6.07. The molecular weight excluding hydrogens is 232 g/mol. The first kappa shape index (κ1) is 14.7. The van der Waals surface area contributed by atoms with Crippen LogP contribution in [-0.4, -0.2) is 33.8 Å². The van der Waals surface area contributed by atoms with Crippen LogP contribution in [0.25, 0.3) is 0 Å². The van der Waals surface area contributed by atoms with Gasteiger partial charge in [-0.05, 0) is 27.2 Å². The van der Waals surface area contributed by atoms with Gasteiger partial charge in [0.1, 0.15) is 18.2 Å². The fraction of sp³-hybridized carbons (Fsp3) is 0.667. The van der Waals surface area contributed by atoms with Crippen LogP contribution >= 0.6 is 0 Å². The van der Waals surface area contributed by atoms with Gasteiger partial charge in [0.2, 0.25) is 0 Å². The smallest absolute Gasteiger partial charge is 0.158 e. The van der Waals surface area contributed by atoms with Crippen molar-refractivity contribution in [2.75, 3.05) is 24.3 Å². The molecule has 0 radical (unpaired) electrons. The molecule has 0 saturated carbocycles. The van der Waals surface area contributed by atoms with Gasteiger partial charge < -0.3 is 20.9 Å². The number of ether oxygens (including phenoxy) is 1. The Bertz CT molecular complexity index is 382. The highest BCUT2D eigenvalue weighted by Crippen LogP contribution is 2.17. The Morgan fingerprint density at radius 1 is 1.44 bits per heavy atom. The first-order valence-corrected chi connectivity index (χ1v) is 6.07. The van der Waals surface area contributed by atoms with Crippen molar-refractivity contribution in [2.45, 2.75) is 39.3 Å². The molecule has 18 heavy (non-hydrogen) atoms. The highest BCUT2D eigenvalue weighted by atomic mass is 16.5. The van der Waals surface area contributed by atoms with E-state index in [1.807, 2.05) is 20.8 Å². The minimum atomic E-state index is -0.252. The summed E-state index contributed by atoms with van der Waals surface area (Å²) in [6, 6.07) is 1.68. The number of hydrogen-bond acceptors (Lipinski definition) is 6. The lowest BCUT2D eigenvalue weighted by molar-refractivity contribution is 0.128. The third kappa shape index (κ3) is 4.85. The maximum atomic E-state index is 8.99. The van der Waals surface area contributed by atoms with E-state index < -0.39 is 0 Å². The molecule has 0 aliphatic heterocycles. The molecule has 102 valence electrons. The monoisotopic (exact) mass is 254 g/mol. The quantitative estimate of drug-likeness (QED) is 0.676. The summed E-state index contributed by atoms with van der Waals surface area (Å²) >= 11 is 0. The lowest BCUT2D eigenvalue weighted by Crippen LogP contribution is -2.32. The maximum absolute atomic E-state index is 8.99. The zero-order chi connectivity index (χ0) is 13.6. The molecule has 0 fully saturated rings. The second-order valence-corrected chi connectivity index (χ2v) is 4.71. The van der Waals surface area contributed by atoms with Crippen molar-refractivity contribution in [3.05, 3.63) is 11.9 Å². The predicted molar refractivity (Wildman–Crippen MR) is 71.2 cm³/mol. The van der Waals surface area contributed by atoms with Crippen LogP contribution in [-0.2, 0) is 11.3 Å². The molecule has 4 N–H and O–H groups in total. The first-order chi connectivity index (χ1) is 8.46. The van der Waals surface area contributed by atoms with Gasteiger partial charge in [-0.25, -0.2) is 9.97 Å². The van der Waals surface area contributed by atoms with E-state index in [0.717, 1.165) is 0 Å². The molecule has 1 rings (SSSR count).